The standard InChI is InChI=1S/C18H26BrN3O2.ClH/c1-3-12(2)16(20)18(24)22-10-8-13(9-11-22)17(23)21-15-7-5-4-6-14(15)19;/h4-7,12-13,16H,3,8-11,20H2,1-2H3,(H,21,23);1H. The Labute approximate surface area is 164 Å². The zero-order chi connectivity index (χ0) is 17.7. The van der Waals surface area contributed by atoms with Crippen LogP contribution >= 0.6 is 28.3 Å². The van der Waals surface area contributed by atoms with Crippen molar-refractivity contribution in [3.8, 4) is 0 Å². The van der Waals surface area contributed by atoms with E-state index in [0.717, 1.165) is 16.6 Å². The molecule has 1 aromatic rings. The second-order valence-corrected chi connectivity index (χ2v) is 7.33. The second kappa shape index (κ2) is 10.1. The molecule has 7 heteroatoms. The fourth-order valence-corrected chi connectivity index (χ4v) is 3.25. The zero-order valence-electron chi connectivity index (χ0n) is 14.7. The van der Waals surface area contributed by atoms with Crippen molar-refractivity contribution in [3.05, 3.63) is 28.7 Å². The van der Waals surface area contributed by atoms with Gasteiger partial charge in [0.2, 0.25) is 11.8 Å². The minimum Gasteiger partial charge on any atom is -0.341 e. The molecule has 140 valence electrons. The molecule has 0 aromatic heterocycles. The number of nitrogens with two attached hydrogens (primary N) is 1. The monoisotopic (exact) mass is 431 g/mol. The number of para-hydroxylation sites is 1. The summed E-state index contributed by atoms with van der Waals surface area (Å²) in [5.41, 5.74) is 6.82. The number of likely N-dealkylation sites (tertiary alicyclic amines) is 1. The van der Waals surface area contributed by atoms with Gasteiger partial charge in [-0.1, -0.05) is 32.4 Å². The minimum atomic E-state index is -0.444. The van der Waals surface area contributed by atoms with Crippen LogP contribution in [0.5, 0.6) is 0 Å². The largest absolute Gasteiger partial charge is 0.341 e. The van der Waals surface area contributed by atoms with Gasteiger partial charge >= 0.3 is 0 Å². The van der Waals surface area contributed by atoms with Crippen LogP contribution in [0.4, 0.5) is 5.69 Å². The molecule has 5 nitrogen and oxygen atoms in total. The Balaban J connectivity index is 0.00000312. The Bertz CT molecular complexity index is 591. The van der Waals surface area contributed by atoms with E-state index in [1.165, 1.54) is 0 Å². The molecule has 25 heavy (non-hydrogen) atoms. The lowest BCUT2D eigenvalue weighted by Gasteiger charge is -2.34. The molecule has 1 aliphatic rings. The van der Waals surface area contributed by atoms with Gasteiger partial charge in [-0.3, -0.25) is 9.59 Å². The first-order valence-corrected chi connectivity index (χ1v) is 9.33. The highest BCUT2D eigenvalue weighted by molar-refractivity contribution is 9.10. The average molecular weight is 433 g/mol. The number of benzene rings is 1. The maximum absolute atomic E-state index is 12.4. The summed E-state index contributed by atoms with van der Waals surface area (Å²) >= 11 is 3.43. The van der Waals surface area contributed by atoms with E-state index in [0.29, 0.717) is 25.9 Å². The fourth-order valence-electron chi connectivity index (χ4n) is 2.87. The molecule has 0 radical (unpaired) electrons. The molecular weight excluding hydrogens is 406 g/mol. The number of anilines is 1. The first-order chi connectivity index (χ1) is 11.4. The van der Waals surface area contributed by atoms with E-state index in [9.17, 15) is 9.59 Å². The van der Waals surface area contributed by atoms with Crippen molar-refractivity contribution in [3.63, 3.8) is 0 Å². The maximum Gasteiger partial charge on any atom is 0.239 e. The molecule has 0 aliphatic carbocycles. The number of rotatable bonds is 5. The summed E-state index contributed by atoms with van der Waals surface area (Å²) in [6.07, 6.45) is 2.24. The quantitative estimate of drug-likeness (QED) is 0.748. The lowest BCUT2D eigenvalue weighted by Crippen LogP contribution is -2.50. The summed E-state index contributed by atoms with van der Waals surface area (Å²) < 4.78 is 0.866. The molecule has 3 N–H and O–H groups in total. The summed E-state index contributed by atoms with van der Waals surface area (Å²) in [6.45, 7) is 5.23. The Hall–Kier alpha value is -1.11. The van der Waals surface area contributed by atoms with Crippen molar-refractivity contribution < 1.29 is 9.59 Å². The van der Waals surface area contributed by atoms with Gasteiger partial charge in [-0.25, -0.2) is 0 Å². The molecule has 2 rings (SSSR count). The summed E-state index contributed by atoms with van der Waals surface area (Å²) in [6, 6.07) is 7.11. The van der Waals surface area contributed by atoms with Gasteiger partial charge in [-0.15, -0.1) is 12.4 Å². The molecule has 1 aliphatic heterocycles. The molecule has 2 amide bonds. The first-order valence-electron chi connectivity index (χ1n) is 8.53. The molecule has 1 heterocycles. The predicted molar refractivity (Wildman–Crippen MR) is 107 cm³/mol. The highest BCUT2D eigenvalue weighted by Gasteiger charge is 2.31. The van der Waals surface area contributed by atoms with E-state index >= 15 is 0 Å². The smallest absolute Gasteiger partial charge is 0.239 e. The van der Waals surface area contributed by atoms with Crippen LogP contribution in [0.25, 0.3) is 0 Å². The maximum atomic E-state index is 12.4. The summed E-state index contributed by atoms with van der Waals surface area (Å²) in [5, 5.41) is 2.96. The molecule has 2 unspecified atom stereocenters. The Morgan fingerprint density at radius 3 is 2.48 bits per heavy atom. The van der Waals surface area contributed by atoms with Crippen LogP contribution < -0.4 is 11.1 Å². The zero-order valence-corrected chi connectivity index (χ0v) is 17.1. The van der Waals surface area contributed by atoms with Gasteiger partial charge in [0.1, 0.15) is 0 Å². The number of carbonyl (C=O) groups excluding carboxylic acids is 2. The molecule has 0 bridgehead atoms. The number of piperidine rings is 1. The number of hydrogen-bond donors (Lipinski definition) is 2. The third kappa shape index (κ3) is 5.69. The summed E-state index contributed by atoms with van der Waals surface area (Å²) in [5.74, 6) is 0.129. The van der Waals surface area contributed by atoms with Gasteiger partial charge < -0.3 is 16.0 Å². The molecule has 0 spiro atoms. The highest BCUT2D eigenvalue weighted by Crippen LogP contribution is 2.25. The third-order valence-electron chi connectivity index (χ3n) is 4.85. The van der Waals surface area contributed by atoms with Gasteiger partial charge in [0.15, 0.2) is 0 Å². The van der Waals surface area contributed by atoms with Crippen LogP contribution in [-0.4, -0.2) is 35.8 Å². The number of amides is 2. The number of hydrogen-bond acceptors (Lipinski definition) is 3. The van der Waals surface area contributed by atoms with Crippen LogP contribution in [-0.2, 0) is 9.59 Å². The van der Waals surface area contributed by atoms with E-state index in [1.807, 2.05) is 38.1 Å². The van der Waals surface area contributed by atoms with Crippen LogP contribution in [0.1, 0.15) is 33.1 Å². The van der Waals surface area contributed by atoms with Crippen molar-refractivity contribution >= 4 is 45.8 Å². The molecule has 2 atom stereocenters. The van der Waals surface area contributed by atoms with Gasteiger partial charge in [0.05, 0.1) is 11.7 Å². The van der Waals surface area contributed by atoms with E-state index < -0.39 is 6.04 Å². The SMILES string of the molecule is CCC(C)C(N)C(=O)N1CCC(C(=O)Nc2ccccc2Br)CC1.Cl. The average Bonchev–Trinajstić information content (AvgIpc) is 2.61. The number of nitrogens with zero attached hydrogens (tertiary/aromatic N) is 1. The molecule has 1 saturated heterocycles. The van der Waals surface area contributed by atoms with Crippen LogP contribution in [0.3, 0.4) is 0 Å². The van der Waals surface area contributed by atoms with E-state index in [1.54, 1.807) is 4.90 Å². The van der Waals surface area contributed by atoms with Crippen LogP contribution in [0, 0.1) is 11.8 Å². The topological polar surface area (TPSA) is 75.4 Å². The number of nitrogens with one attached hydrogen (secondary N) is 1. The van der Waals surface area contributed by atoms with Crippen molar-refractivity contribution in [2.75, 3.05) is 18.4 Å². The Morgan fingerprint density at radius 2 is 1.92 bits per heavy atom. The van der Waals surface area contributed by atoms with Crippen molar-refractivity contribution in [1.29, 1.82) is 0 Å². The van der Waals surface area contributed by atoms with Gasteiger partial charge in [-0.2, -0.15) is 0 Å². The van der Waals surface area contributed by atoms with E-state index in [-0.39, 0.29) is 36.1 Å². The fraction of sp³-hybridized carbons (Fsp3) is 0.556. The molecular formula is C18H27BrClN3O2. The second-order valence-electron chi connectivity index (χ2n) is 6.48. The lowest BCUT2D eigenvalue weighted by molar-refractivity contribution is -0.136. The van der Waals surface area contributed by atoms with Crippen LogP contribution in [0.15, 0.2) is 28.7 Å². The summed E-state index contributed by atoms with van der Waals surface area (Å²) in [4.78, 5) is 26.6. The van der Waals surface area contributed by atoms with E-state index in [4.69, 9.17) is 5.73 Å². The first kappa shape index (κ1) is 21.9. The van der Waals surface area contributed by atoms with Gasteiger partial charge in [0.25, 0.3) is 0 Å². The third-order valence-corrected chi connectivity index (χ3v) is 5.54. The highest BCUT2D eigenvalue weighted by atomic mass is 79.9. The summed E-state index contributed by atoms with van der Waals surface area (Å²) in [7, 11) is 0. The van der Waals surface area contributed by atoms with Gasteiger partial charge in [-0.05, 0) is 46.8 Å². The Kier molecular flexibility index (Phi) is 8.89. The van der Waals surface area contributed by atoms with Crippen molar-refractivity contribution in [1.82, 2.24) is 4.90 Å². The number of carbonyl (C=O) groups is 2. The van der Waals surface area contributed by atoms with Crippen molar-refractivity contribution in [2.24, 2.45) is 17.6 Å². The van der Waals surface area contributed by atoms with Crippen molar-refractivity contribution in [2.45, 2.75) is 39.2 Å². The molecule has 1 fully saturated rings. The predicted octanol–water partition coefficient (Wildman–Crippen LogP) is 3.42. The van der Waals surface area contributed by atoms with E-state index in [2.05, 4.69) is 21.2 Å². The Morgan fingerprint density at radius 1 is 1.32 bits per heavy atom. The number of halogens is 2. The normalized spacial score (nSPS) is 17.4. The van der Waals surface area contributed by atoms with Gasteiger partial charge in [0, 0.05) is 23.5 Å². The minimum absolute atomic E-state index is 0. The van der Waals surface area contributed by atoms with Crippen LogP contribution in [0.2, 0.25) is 0 Å². The lowest BCUT2D eigenvalue weighted by atomic mass is 9.93. The molecule has 0 saturated carbocycles. The molecule has 1 aromatic carbocycles.